The van der Waals surface area contributed by atoms with Gasteiger partial charge < -0.3 is 21.5 Å². The zero-order chi connectivity index (χ0) is 27.4. The van der Waals surface area contributed by atoms with Gasteiger partial charge in [-0.2, -0.15) is 0 Å². The molecule has 0 aliphatic carbocycles. The molecule has 0 fully saturated rings. The number of carbonyl (C=O) groups excluding carboxylic acids is 1. The van der Waals surface area contributed by atoms with Crippen LogP contribution in [0.3, 0.4) is 0 Å². The van der Waals surface area contributed by atoms with Gasteiger partial charge in [0, 0.05) is 12.2 Å². The average molecular weight is 520 g/mol. The molecule has 0 unspecified atom stereocenters. The summed E-state index contributed by atoms with van der Waals surface area (Å²) in [5.41, 5.74) is 16.6. The Hall–Kier alpha value is -4.09. The summed E-state index contributed by atoms with van der Waals surface area (Å²) < 4.78 is 0. The van der Waals surface area contributed by atoms with Crippen LogP contribution in [0.2, 0.25) is 0 Å². The monoisotopic (exact) mass is 519 g/mol. The fourth-order valence-electron chi connectivity index (χ4n) is 5.70. The molecule has 5 heteroatoms. The average Bonchev–Trinajstić information content (AvgIpc) is 2.92. The predicted molar refractivity (Wildman–Crippen MR) is 158 cm³/mol. The lowest BCUT2D eigenvalue weighted by Gasteiger charge is -2.31. The molecule has 39 heavy (non-hydrogen) atoms. The SMILES string of the molecule is Cc1cc(O)cc(C)c1C[C@H](N)C(=O)N[C@@H]1CCNc2c(Cc3ccccc3)cc(Cc3ccccc3)cc21. The van der Waals surface area contributed by atoms with E-state index in [2.05, 4.69) is 71.3 Å². The van der Waals surface area contributed by atoms with Crippen LogP contribution in [0.1, 0.15) is 57.0 Å². The van der Waals surface area contributed by atoms with Crippen LogP contribution in [0.5, 0.6) is 5.75 Å². The van der Waals surface area contributed by atoms with Crippen molar-refractivity contribution in [1.29, 1.82) is 0 Å². The van der Waals surface area contributed by atoms with Crippen molar-refractivity contribution in [3.8, 4) is 5.75 Å². The summed E-state index contributed by atoms with van der Waals surface area (Å²) in [7, 11) is 0. The third-order valence-corrected chi connectivity index (χ3v) is 7.67. The number of nitrogens with one attached hydrogen (secondary N) is 2. The molecular formula is C34H37N3O2. The molecule has 0 saturated heterocycles. The summed E-state index contributed by atoms with van der Waals surface area (Å²) in [5, 5.41) is 16.8. The number of phenolic OH excluding ortho intramolecular Hbond substituents is 1. The molecule has 1 aliphatic rings. The molecule has 4 aromatic rings. The first-order valence-corrected chi connectivity index (χ1v) is 13.7. The number of hydrogen-bond donors (Lipinski definition) is 4. The third-order valence-electron chi connectivity index (χ3n) is 7.67. The van der Waals surface area contributed by atoms with Crippen LogP contribution in [0.25, 0.3) is 0 Å². The fraction of sp³-hybridized carbons (Fsp3) is 0.265. The van der Waals surface area contributed by atoms with Crippen molar-refractivity contribution in [2.45, 2.75) is 51.6 Å². The lowest BCUT2D eigenvalue weighted by atomic mass is 9.88. The summed E-state index contributed by atoms with van der Waals surface area (Å²) in [6.07, 6.45) is 2.87. The van der Waals surface area contributed by atoms with Gasteiger partial charge in [-0.1, -0.05) is 72.8 Å². The Balaban J connectivity index is 1.42. The first kappa shape index (κ1) is 26.5. The largest absolute Gasteiger partial charge is 0.508 e. The van der Waals surface area contributed by atoms with E-state index < -0.39 is 6.04 Å². The Morgan fingerprint density at radius 1 is 0.923 bits per heavy atom. The number of benzene rings is 4. The highest BCUT2D eigenvalue weighted by Gasteiger charge is 2.27. The number of anilines is 1. The van der Waals surface area contributed by atoms with Crippen LogP contribution in [0.4, 0.5) is 5.69 Å². The van der Waals surface area contributed by atoms with Crippen LogP contribution in [0, 0.1) is 13.8 Å². The molecule has 0 saturated carbocycles. The number of hydrogen-bond acceptors (Lipinski definition) is 4. The highest BCUT2D eigenvalue weighted by atomic mass is 16.3. The first-order valence-electron chi connectivity index (χ1n) is 13.7. The van der Waals surface area contributed by atoms with Crippen molar-refractivity contribution in [1.82, 2.24) is 5.32 Å². The lowest BCUT2D eigenvalue weighted by molar-refractivity contribution is -0.123. The van der Waals surface area contributed by atoms with Gasteiger partial charge in [0.15, 0.2) is 0 Å². The van der Waals surface area contributed by atoms with E-state index in [0.29, 0.717) is 6.42 Å². The zero-order valence-electron chi connectivity index (χ0n) is 22.7. The van der Waals surface area contributed by atoms with Crippen molar-refractivity contribution >= 4 is 11.6 Å². The van der Waals surface area contributed by atoms with Gasteiger partial charge in [-0.3, -0.25) is 4.79 Å². The van der Waals surface area contributed by atoms with Crippen molar-refractivity contribution in [2.24, 2.45) is 5.73 Å². The Morgan fingerprint density at radius 2 is 1.54 bits per heavy atom. The van der Waals surface area contributed by atoms with Gasteiger partial charge in [-0.25, -0.2) is 0 Å². The van der Waals surface area contributed by atoms with E-state index in [1.807, 2.05) is 26.0 Å². The molecule has 0 bridgehead atoms. The number of phenols is 1. The van der Waals surface area contributed by atoms with Crippen LogP contribution < -0.4 is 16.4 Å². The number of aromatic hydroxyl groups is 1. The lowest BCUT2D eigenvalue weighted by Crippen LogP contribution is -2.45. The zero-order valence-corrected chi connectivity index (χ0v) is 22.7. The van der Waals surface area contributed by atoms with Crippen molar-refractivity contribution in [3.63, 3.8) is 0 Å². The van der Waals surface area contributed by atoms with E-state index in [1.54, 1.807) is 12.1 Å². The maximum Gasteiger partial charge on any atom is 0.237 e. The van der Waals surface area contributed by atoms with E-state index in [-0.39, 0.29) is 17.7 Å². The smallest absolute Gasteiger partial charge is 0.237 e. The predicted octanol–water partition coefficient (Wildman–Crippen LogP) is 5.73. The van der Waals surface area contributed by atoms with Crippen molar-refractivity contribution in [3.05, 3.63) is 129 Å². The van der Waals surface area contributed by atoms with Gasteiger partial charge in [0.25, 0.3) is 0 Å². The van der Waals surface area contributed by atoms with Crippen LogP contribution in [-0.4, -0.2) is 23.6 Å². The summed E-state index contributed by atoms with van der Waals surface area (Å²) >= 11 is 0. The molecular weight excluding hydrogens is 482 g/mol. The number of nitrogens with two attached hydrogens (primary N) is 1. The van der Waals surface area contributed by atoms with E-state index in [0.717, 1.165) is 53.7 Å². The van der Waals surface area contributed by atoms with Crippen molar-refractivity contribution < 1.29 is 9.90 Å². The molecule has 2 atom stereocenters. The van der Waals surface area contributed by atoms with Gasteiger partial charge in [0.2, 0.25) is 5.91 Å². The minimum Gasteiger partial charge on any atom is -0.508 e. The van der Waals surface area contributed by atoms with Crippen LogP contribution in [-0.2, 0) is 24.1 Å². The second-order valence-corrected chi connectivity index (χ2v) is 10.7. The number of fused-ring (bicyclic) bond motifs is 1. The molecule has 5 nitrogen and oxygen atoms in total. The van der Waals surface area contributed by atoms with Crippen molar-refractivity contribution in [2.75, 3.05) is 11.9 Å². The fourth-order valence-corrected chi connectivity index (χ4v) is 5.70. The van der Waals surface area contributed by atoms with Crippen LogP contribution >= 0.6 is 0 Å². The van der Waals surface area contributed by atoms with Gasteiger partial charge >= 0.3 is 0 Å². The van der Waals surface area contributed by atoms with E-state index in [9.17, 15) is 9.90 Å². The first-order chi connectivity index (χ1) is 18.9. The Kier molecular flexibility index (Phi) is 7.99. The second kappa shape index (κ2) is 11.7. The Morgan fingerprint density at radius 3 is 2.18 bits per heavy atom. The standard InChI is InChI=1S/C34H37N3O2/c1-22-15-28(38)16-23(2)29(22)21-31(35)34(39)37-32-13-14-36-33-27(18-25-11-7-4-8-12-25)19-26(20-30(32)33)17-24-9-5-3-6-10-24/h3-12,15-16,19-20,31-32,36,38H,13-14,17-18,21,35H2,1-2H3,(H,37,39)/t31-,32+/m0/s1. The summed E-state index contributed by atoms with van der Waals surface area (Å²) in [6, 6.07) is 28.2. The number of rotatable bonds is 8. The van der Waals surface area contributed by atoms with Gasteiger partial charge in [-0.05, 0) is 96.2 Å². The molecule has 4 aromatic carbocycles. The van der Waals surface area contributed by atoms with Gasteiger partial charge in [0.05, 0.1) is 12.1 Å². The van der Waals surface area contributed by atoms with E-state index >= 15 is 0 Å². The Bertz CT molecular complexity index is 1430. The molecule has 1 heterocycles. The minimum absolute atomic E-state index is 0.118. The molecule has 0 spiro atoms. The summed E-state index contributed by atoms with van der Waals surface area (Å²) in [4.78, 5) is 13.4. The second-order valence-electron chi connectivity index (χ2n) is 10.7. The van der Waals surface area contributed by atoms with E-state index in [1.165, 1.54) is 22.3 Å². The van der Waals surface area contributed by atoms with Gasteiger partial charge in [0.1, 0.15) is 5.75 Å². The summed E-state index contributed by atoms with van der Waals surface area (Å²) in [5.74, 6) is 0.0773. The van der Waals surface area contributed by atoms with Crippen LogP contribution in [0.15, 0.2) is 84.9 Å². The molecule has 5 rings (SSSR count). The molecule has 1 amide bonds. The summed E-state index contributed by atoms with van der Waals surface area (Å²) in [6.45, 7) is 4.67. The maximum absolute atomic E-state index is 13.4. The van der Waals surface area contributed by atoms with E-state index in [4.69, 9.17) is 5.73 Å². The molecule has 200 valence electrons. The number of aryl methyl sites for hydroxylation is 2. The molecule has 1 aliphatic heterocycles. The third kappa shape index (κ3) is 6.32. The minimum atomic E-state index is -0.679. The molecule has 0 radical (unpaired) electrons. The molecule has 5 N–H and O–H groups in total. The maximum atomic E-state index is 13.4. The Labute approximate surface area is 231 Å². The number of amides is 1. The number of carbonyl (C=O) groups is 1. The molecule has 0 aromatic heterocycles. The highest BCUT2D eigenvalue weighted by molar-refractivity contribution is 5.83. The highest BCUT2D eigenvalue weighted by Crippen LogP contribution is 2.36. The quantitative estimate of drug-likeness (QED) is 0.239. The topological polar surface area (TPSA) is 87.4 Å². The van der Waals surface area contributed by atoms with Gasteiger partial charge in [-0.15, -0.1) is 0 Å². The normalized spacial score (nSPS) is 15.2.